The highest BCUT2D eigenvalue weighted by Crippen LogP contribution is 2.48. The summed E-state index contributed by atoms with van der Waals surface area (Å²) in [7, 11) is -1.05. The van der Waals surface area contributed by atoms with E-state index < -0.39 is 9.84 Å². The predicted molar refractivity (Wildman–Crippen MR) is 122 cm³/mol. The van der Waals surface area contributed by atoms with Gasteiger partial charge in [0, 0.05) is 50.2 Å². The van der Waals surface area contributed by atoms with E-state index >= 15 is 0 Å². The van der Waals surface area contributed by atoms with Crippen LogP contribution in [0, 0.1) is 0 Å². The van der Waals surface area contributed by atoms with E-state index in [4.69, 9.17) is 11.6 Å². The highest BCUT2D eigenvalue weighted by atomic mass is 127. The first-order valence-corrected chi connectivity index (χ1v) is 11.3. The van der Waals surface area contributed by atoms with Gasteiger partial charge in [0.2, 0.25) is 0 Å². The monoisotopic (exact) mass is 526 g/mol. The normalized spacial score (nSPS) is 21.2. The van der Waals surface area contributed by atoms with E-state index in [9.17, 15) is 8.42 Å². The fourth-order valence-electron chi connectivity index (χ4n) is 3.32. The zero-order valence-electron chi connectivity index (χ0n) is 15.6. The second-order valence-electron chi connectivity index (χ2n) is 7.14. The molecule has 0 amide bonds. The molecule has 27 heavy (non-hydrogen) atoms. The molecule has 3 rings (SSSR count). The number of rotatable bonds is 6. The van der Waals surface area contributed by atoms with Crippen molar-refractivity contribution in [3.8, 4) is 0 Å². The molecule has 0 radical (unpaired) electrons. The fourth-order valence-corrected chi connectivity index (χ4v) is 4.78. The summed E-state index contributed by atoms with van der Waals surface area (Å²) in [5.74, 6) is 1.31. The van der Waals surface area contributed by atoms with Gasteiger partial charge < -0.3 is 10.6 Å². The van der Waals surface area contributed by atoms with Crippen LogP contribution < -0.4 is 10.6 Å². The Labute approximate surface area is 184 Å². The third-order valence-electron chi connectivity index (χ3n) is 5.27. The molecule has 152 valence electrons. The third kappa shape index (κ3) is 6.47. The van der Waals surface area contributed by atoms with Crippen LogP contribution in [0.3, 0.4) is 0 Å². The summed E-state index contributed by atoms with van der Waals surface area (Å²) in [5, 5.41) is 7.52. The van der Waals surface area contributed by atoms with Crippen molar-refractivity contribution in [1.29, 1.82) is 0 Å². The zero-order valence-corrected chi connectivity index (χ0v) is 19.5. The van der Waals surface area contributed by atoms with Gasteiger partial charge in [0.15, 0.2) is 15.8 Å². The minimum atomic E-state index is -2.82. The third-order valence-corrected chi connectivity index (χ3v) is 7.11. The minimum absolute atomic E-state index is 0. The first-order valence-electron chi connectivity index (χ1n) is 9.06. The summed E-state index contributed by atoms with van der Waals surface area (Å²) in [6.07, 6.45) is 2.30. The lowest BCUT2D eigenvalue weighted by molar-refractivity contribution is 0.299. The molecule has 0 unspecified atom stereocenters. The van der Waals surface area contributed by atoms with Crippen LogP contribution in [0.2, 0.25) is 5.02 Å². The molecule has 6 nitrogen and oxygen atoms in total. The number of nitrogens with one attached hydrogen (secondary N) is 2. The molecule has 1 saturated carbocycles. The van der Waals surface area contributed by atoms with Crippen molar-refractivity contribution in [2.75, 3.05) is 51.3 Å². The van der Waals surface area contributed by atoms with Gasteiger partial charge in [-0.2, -0.15) is 0 Å². The summed E-state index contributed by atoms with van der Waals surface area (Å²) in [4.78, 5) is 6.47. The van der Waals surface area contributed by atoms with Gasteiger partial charge in [-0.25, -0.2) is 8.42 Å². The number of nitrogens with zero attached hydrogens (tertiary/aromatic N) is 2. The van der Waals surface area contributed by atoms with Gasteiger partial charge in [-0.05, 0) is 30.5 Å². The summed E-state index contributed by atoms with van der Waals surface area (Å²) in [5.41, 5.74) is 1.44. The van der Waals surface area contributed by atoms with Crippen molar-refractivity contribution in [3.63, 3.8) is 0 Å². The van der Waals surface area contributed by atoms with E-state index in [0.29, 0.717) is 13.1 Å². The molecule has 0 atom stereocenters. The number of hydrogen-bond acceptors (Lipinski definition) is 4. The van der Waals surface area contributed by atoms with Crippen molar-refractivity contribution in [3.05, 3.63) is 34.9 Å². The lowest BCUT2D eigenvalue weighted by atomic mass is 9.96. The molecule has 1 aromatic rings. The maximum Gasteiger partial charge on any atom is 0.191 e. The minimum Gasteiger partial charge on any atom is -0.356 e. The molecule has 0 bridgehead atoms. The van der Waals surface area contributed by atoms with Gasteiger partial charge in [0.1, 0.15) is 0 Å². The van der Waals surface area contributed by atoms with Gasteiger partial charge in [-0.1, -0.05) is 23.7 Å². The van der Waals surface area contributed by atoms with Gasteiger partial charge in [0.25, 0.3) is 0 Å². The fraction of sp³-hybridized carbons (Fsp3) is 0.611. The van der Waals surface area contributed by atoms with Crippen LogP contribution in [-0.4, -0.2) is 70.6 Å². The Balaban J connectivity index is 0.00000261. The van der Waals surface area contributed by atoms with Crippen LogP contribution in [0.1, 0.15) is 18.4 Å². The highest BCUT2D eigenvalue weighted by Gasteiger charge is 2.44. The SMILES string of the molecule is CN=C(NCCN1CCS(=O)(=O)CC1)NCC1(c2cccc(Cl)c2)CC1.I. The van der Waals surface area contributed by atoms with Crippen molar-refractivity contribution >= 4 is 51.4 Å². The Hall–Kier alpha value is -0.580. The number of guanidine groups is 1. The van der Waals surface area contributed by atoms with Crippen LogP contribution in [0.25, 0.3) is 0 Å². The molecule has 2 N–H and O–H groups in total. The van der Waals surface area contributed by atoms with E-state index in [-0.39, 0.29) is 40.9 Å². The Morgan fingerprint density at radius 3 is 2.56 bits per heavy atom. The van der Waals surface area contributed by atoms with Gasteiger partial charge >= 0.3 is 0 Å². The van der Waals surface area contributed by atoms with Crippen LogP contribution in [0.5, 0.6) is 0 Å². The van der Waals surface area contributed by atoms with Gasteiger partial charge in [0.05, 0.1) is 11.5 Å². The molecule has 0 spiro atoms. The van der Waals surface area contributed by atoms with Gasteiger partial charge in [-0.3, -0.25) is 9.89 Å². The first-order chi connectivity index (χ1) is 12.4. The second-order valence-corrected chi connectivity index (χ2v) is 9.88. The summed E-state index contributed by atoms with van der Waals surface area (Å²) < 4.78 is 22.9. The van der Waals surface area contributed by atoms with Crippen molar-refractivity contribution < 1.29 is 8.42 Å². The Morgan fingerprint density at radius 2 is 1.96 bits per heavy atom. The molecule has 1 saturated heterocycles. The lowest BCUT2D eigenvalue weighted by Crippen LogP contribution is -2.46. The molecule has 1 aromatic carbocycles. The Morgan fingerprint density at radius 1 is 1.26 bits per heavy atom. The molecule has 2 fully saturated rings. The molecule has 1 heterocycles. The quantitative estimate of drug-likeness (QED) is 0.336. The molecule has 9 heteroatoms. The topological polar surface area (TPSA) is 73.8 Å². The average molecular weight is 527 g/mol. The largest absolute Gasteiger partial charge is 0.356 e. The van der Waals surface area contributed by atoms with Crippen LogP contribution in [-0.2, 0) is 15.3 Å². The Kier molecular flexibility index (Phi) is 8.20. The molecule has 1 aliphatic heterocycles. The number of hydrogen-bond donors (Lipinski definition) is 2. The molecule has 2 aliphatic rings. The van der Waals surface area contributed by atoms with Crippen LogP contribution in [0.15, 0.2) is 29.3 Å². The zero-order chi connectivity index (χ0) is 18.6. The van der Waals surface area contributed by atoms with Crippen LogP contribution >= 0.6 is 35.6 Å². The number of sulfone groups is 1. The maximum absolute atomic E-state index is 11.5. The van der Waals surface area contributed by atoms with Crippen molar-refractivity contribution in [2.45, 2.75) is 18.3 Å². The van der Waals surface area contributed by atoms with E-state index in [0.717, 1.165) is 43.5 Å². The van der Waals surface area contributed by atoms with Crippen LogP contribution in [0.4, 0.5) is 0 Å². The molecule has 0 aromatic heterocycles. The number of aliphatic imine (C=N–C) groups is 1. The molecular formula is C18H28ClIN4O2S. The molecular weight excluding hydrogens is 499 g/mol. The summed E-state index contributed by atoms with van der Waals surface area (Å²) >= 11 is 6.13. The number of benzene rings is 1. The number of halogens is 2. The van der Waals surface area contributed by atoms with E-state index in [1.807, 2.05) is 12.1 Å². The van der Waals surface area contributed by atoms with Gasteiger partial charge in [-0.15, -0.1) is 24.0 Å². The van der Waals surface area contributed by atoms with E-state index in [1.165, 1.54) is 5.56 Å². The second kappa shape index (κ2) is 9.76. The van der Waals surface area contributed by atoms with Crippen molar-refractivity contribution in [2.24, 2.45) is 4.99 Å². The average Bonchev–Trinajstić information content (AvgIpc) is 3.40. The highest BCUT2D eigenvalue weighted by molar-refractivity contribution is 14.0. The molecule has 1 aliphatic carbocycles. The summed E-state index contributed by atoms with van der Waals surface area (Å²) in [6, 6.07) is 8.10. The standard InChI is InChI=1S/C18H27ClN4O2S.HI/c1-20-17(21-7-8-23-9-11-26(24,25)12-10-23)22-14-18(5-6-18)15-3-2-4-16(19)13-15;/h2-4,13H,5-12,14H2,1H3,(H2,20,21,22);1H. The Bertz CT molecular complexity index is 754. The summed E-state index contributed by atoms with van der Waals surface area (Å²) in [6.45, 7) is 3.62. The smallest absolute Gasteiger partial charge is 0.191 e. The predicted octanol–water partition coefficient (Wildman–Crippen LogP) is 1.89. The van der Waals surface area contributed by atoms with Crippen molar-refractivity contribution in [1.82, 2.24) is 15.5 Å². The van der Waals surface area contributed by atoms with E-state index in [2.05, 4.69) is 32.7 Å². The van der Waals surface area contributed by atoms with E-state index in [1.54, 1.807) is 7.05 Å². The maximum atomic E-state index is 11.5. The lowest BCUT2D eigenvalue weighted by Gasteiger charge is -2.27. The first kappa shape index (κ1) is 22.7.